The van der Waals surface area contributed by atoms with Crippen molar-refractivity contribution in [2.24, 2.45) is 0 Å². The van der Waals surface area contributed by atoms with Gasteiger partial charge in [0, 0.05) is 17.7 Å². The number of hydrogen-bond donors (Lipinski definition) is 2. The summed E-state index contributed by atoms with van der Waals surface area (Å²) in [7, 11) is 0. The topological polar surface area (TPSA) is 92.5 Å². The van der Waals surface area contributed by atoms with Gasteiger partial charge in [0.05, 0.1) is 11.3 Å². The number of carboxylic acid groups (broad SMARTS) is 1. The Morgan fingerprint density at radius 1 is 1.47 bits per heavy atom. The van der Waals surface area contributed by atoms with Crippen LogP contribution in [-0.2, 0) is 4.79 Å². The zero-order valence-corrected chi connectivity index (χ0v) is 10.2. The minimum absolute atomic E-state index is 0.373. The number of nitrogens with zero attached hydrogens (tertiary/aromatic N) is 1. The van der Waals surface area contributed by atoms with E-state index < -0.39 is 39.4 Å². The first-order chi connectivity index (χ1) is 8.62. The molecular formula is C11H12F2N2O4. The standard InChI is InChI=1S/C11H12F2N2O4/c1-11(2,5-9(16)17)14-8-4-6(12)3-7(13)10(8)15(18)19/h3-4,14H,5H2,1-2H3,(H,16,17). The van der Waals surface area contributed by atoms with E-state index in [1.165, 1.54) is 13.8 Å². The van der Waals surface area contributed by atoms with Crippen molar-refractivity contribution in [1.82, 2.24) is 0 Å². The second-order valence-corrected chi connectivity index (χ2v) is 4.62. The Kier molecular flexibility index (Phi) is 4.03. The van der Waals surface area contributed by atoms with Crippen LogP contribution in [0.5, 0.6) is 0 Å². The van der Waals surface area contributed by atoms with Gasteiger partial charge in [0.1, 0.15) is 11.5 Å². The van der Waals surface area contributed by atoms with Crippen molar-refractivity contribution in [2.45, 2.75) is 25.8 Å². The minimum Gasteiger partial charge on any atom is -0.481 e. The summed E-state index contributed by atoms with van der Waals surface area (Å²) in [5.41, 5.74) is -2.41. The average Bonchev–Trinajstić information content (AvgIpc) is 2.10. The smallest absolute Gasteiger partial charge is 0.327 e. The molecule has 0 fully saturated rings. The molecule has 2 N–H and O–H groups in total. The van der Waals surface area contributed by atoms with Crippen molar-refractivity contribution in [3.05, 3.63) is 33.9 Å². The van der Waals surface area contributed by atoms with Crippen LogP contribution in [0.25, 0.3) is 0 Å². The Morgan fingerprint density at radius 3 is 2.53 bits per heavy atom. The number of carbonyl (C=O) groups is 1. The molecule has 0 atom stereocenters. The molecule has 0 saturated heterocycles. The molecule has 0 saturated carbocycles. The van der Waals surface area contributed by atoms with Gasteiger partial charge < -0.3 is 10.4 Å². The number of anilines is 1. The van der Waals surface area contributed by atoms with E-state index in [1.807, 2.05) is 0 Å². The van der Waals surface area contributed by atoms with Crippen molar-refractivity contribution in [3.8, 4) is 0 Å². The monoisotopic (exact) mass is 274 g/mol. The van der Waals surface area contributed by atoms with E-state index in [1.54, 1.807) is 0 Å². The maximum Gasteiger partial charge on any atom is 0.327 e. The Morgan fingerprint density at radius 2 is 2.05 bits per heavy atom. The largest absolute Gasteiger partial charge is 0.481 e. The summed E-state index contributed by atoms with van der Waals surface area (Å²) in [6, 6.07) is 1.15. The molecule has 104 valence electrons. The van der Waals surface area contributed by atoms with Gasteiger partial charge in [-0.15, -0.1) is 0 Å². The fourth-order valence-corrected chi connectivity index (χ4v) is 1.63. The first kappa shape index (κ1) is 14.8. The van der Waals surface area contributed by atoms with Crippen LogP contribution >= 0.6 is 0 Å². The summed E-state index contributed by atoms with van der Waals surface area (Å²) in [6.07, 6.45) is -0.373. The highest BCUT2D eigenvalue weighted by molar-refractivity contribution is 5.70. The predicted molar refractivity (Wildman–Crippen MR) is 63.0 cm³/mol. The van der Waals surface area contributed by atoms with Crippen molar-refractivity contribution in [1.29, 1.82) is 0 Å². The van der Waals surface area contributed by atoms with Crippen LogP contribution < -0.4 is 5.32 Å². The molecule has 8 heteroatoms. The lowest BCUT2D eigenvalue weighted by Crippen LogP contribution is -2.34. The molecule has 0 unspecified atom stereocenters. The van der Waals surface area contributed by atoms with Crippen LogP contribution in [0.3, 0.4) is 0 Å². The van der Waals surface area contributed by atoms with Gasteiger partial charge in [0.15, 0.2) is 0 Å². The van der Waals surface area contributed by atoms with E-state index in [4.69, 9.17) is 5.11 Å². The van der Waals surface area contributed by atoms with Gasteiger partial charge in [-0.05, 0) is 13.8 Å². The quantitative estimate of drug-likeness (QED) is 0.635. The van der Waals surface area contributed by atoms with E-state index in [0.29, 0.717) is 6.07 Å². The molecular weight excluding hydrogens is 262 g/mol. The number of nitro benzene ring substituents is 1. The molecule has 1 rings (SSSR count). The Labute approximate surface area is 107 Å². The van der Waals surface area contributed by atoms with E-state index >= 15 is 0 Å². The SMILES string of the molecule is CC(C)(CC(=O)O)Nc1cc(F)cc(F)c1[N+](=O)[O-]. The zero-order chi connectivity index (χ0) is 14.8. The van der Waals surface area contributed by atoms with Crippen molar-refractivity contribution in [2.75, 3.05) is 5.32 Å². The summed E-state index contributed by atoms with van der Waals surface area (Å²) in [5.74, 6) is -3.45. The van der Waals surface area contributed by atoms with Crippen LogP contribution in [0, 0.1) is 21.7 Å². The van der Waals surface area contributed by atoms with Crippen molar-refractivity contribution in [3.63, 3.8) is 0 Å². The summed E-state index contributed by atoms with van der Waals surface area (Å²) in [5, 5.41) is 21.9. The van der Waals surface area contributed by atoms with Gasteiger partial charge >= 0.3 is 11.7 Å². The number of benzene rings is 1. The van der Waals surface area contributed by atoms with E-state index in [2.05, 4.69) is 5.32 Å². The van der Waals surface area contributed by atoms with Gasteiger partial charge in [-0.1, -0.05) is 0 Å². The van der Waals surface area contributed by atoms with Gasteiger partial charge in [0.25, 0.3) is 0 Å². The molecule has 0 aromatic heterocycles. The number of hydrogen-bond acceptors (Lipinski definition) is 4. The van der Waals surface area contributed by atoms with Crippen LogP contribution in [-0.4, -0.2) is 21.5 Å². The molecule has 1 aromatic carbocycles. The van der Waals surface area contributed by atoms with Gasteiger partial charge in [0.2, 0.25) is 5.82 Å². The number of nitrogens with one attached hydrogen (secondary N) is 1. The number of aliphatic carboxylic acids is 1. The van der Waals surface area contributed by atoms with Crippen LogP contribution in [0.1, 0.15) is 20.3 Å². The maximum atomic E-state index is 13.4. The summed E-state index contributed by atoms with van der Waals surface area (Å²) in [4.78, 5) is 20.4. The second kappa shape index (κ2) is 5.17. The first-order valence-corrected chi connectivity index (χ1v) is 5.26. The van der Waals surface area contributed by atoms with Crippen LogP contribution in [0.2, 0.25) is 0 Å². The lowest BCUT2D eigenvalue weighted by Gasteiger charge is -2.25. The third kappa shape index (κ3) is 3.87. The minimum atomic E-state index is -1.32. The predicted octanol–water partition coefficient (Wildman–Crippen LogP) is 2.54. The Bertz CT molecular complexity index is 532. The Hall–Kier alpha value is -2.25. The number of nitro groups is 1. The summed E-state index contributed by atoms with van der Waals surface area (Å²) >= 11 is 0. The molecule has 0 aliphatic carbocycles. The summed E-state index contributed by atoms with van der Waals surface area (Å²) < 4.78 is 26.5. The molecule has 1 aromatic rings. The highest BCUT2D eigenvalue weighted by atomic mass is 19.1. The second-order valence-electron chi connectivity index (χ2n) is 4.62. The molecule has 0 aliphatic heterocycles. The van der Waals surface area contributed by atoms with Crippen LogP contribution in [0.4, 0.5) is 20.2 Å². The normalized spacial score (nSPS) is 11.2. The van der Waals surface area contributed by atoms with Gasteiger partial charge in [-0.2, -0.15) is 4.39 Å². The molecule has 19 heavy (non-hydrogen) atoms. The van der Waals surface area contributed by atoms with E-state index in [-0.39, 0.29) is 6.42 Å². The van der Waals surface area contributed by atoms with Crippen molar-refractivity contribution < 1.29 is 23.6 Å². The highest BCUT2D eigenvalue weighted by Gasteiger charge is 2.28. The maximum absolute atomic E-state index is 13.4. The third-order valence-electron chi connectivity index (χ3n) is 2.28. The van der Waals surface area contributed by atoms with E-state index in [9.17, 15) is 23.7 Å². The molecule has 0 aliphatic rings. The molecule has 0 heterocycles. The lowest BCUT2D eigenvalue weighted by molar-refractivity contribution is -0.386. The molecule has 0 spiro atoms. The third-order valence-corrected chi connectivity index (χ3v) is 2.28. The lowest BCUT2D eigenvalue weighted by atomic mass is 10.00. The highest BCUT2D eigenvalue weighted by Crippen LogP contribution is 2.31. The first-order valence-electron chi connectivity index (χ1n) is 5.26. The molecule has 0 bridgehead atoms. The Balaban J connectivity index is 3.19. The number of rotatable bonds is 5. The fraction of sp³-hybridized carbons (Fsp3) is 0.364. The number of halogens is 2. The summed E-state index contributed by atoms with van der Waals surface area (Å²) in [6.45, 7) is 2.90. The zero-order valence-electron chi connectivity index (χ0n) is 10.2. The van der Waals surface area contributed by atoms with Gasteiger partial charge in [-0.3, -0.25) is 14.9 Å². The molecule has 0 amide bonds. The molecule has 0 radical (unpaired) electrons. The fourth-order valence-electron chi connectivity index (χ4n) is 1.63. The van der Waals surface area contributed by atoms with Gasteiger partial charge in [-0.25, -0.2) is 4.39 Å². The number of carboxylic acids is 1. The average molecular weight is 274 g/mol. The molecule has 6 nitrogen and oxygen atoms in total. The van der Waals surface area contributed by atoms with E-state index in [0.717, 1.165) is 6.07 Å². The van der Waals surface area contributed by atoms with Crippen molar-refractivity contribution >= 4 is 17.3 Å². The van der Waals surface area contributed by atoms with Crippen LogP contribution in [0.15, 0.2) is 12.1 Å².